The molecule has 36 heavy (non-hydrogen) atoms. The van der Waals surface area contributed by atoms with Crippen molar-refractivity contribution in [3.8, 4) is 11.4 Å². The summed E-state index contributed by atoms with van der Waals surface area (Å²) in [7, 11) is 1.64. The van der Waals surface area contributed by atoms with E-state index in [0.29, 0.717) is 21.6 Å². The normalized spacial score (nSPS) is 15.8. The number of amides is 1. The molecule has 0 radical (unpaired) electrons. The van der Waals surface area contributed by atoms with E-state index in [0.717, 1.165) is 33.9 Å². The van der Waals surface area contributed by atoms with E-state index in [2.05, 4.69) is 0 Å². The van der Waals surface area contributed by atoms with Gasteiger partial charge >= 0.3 is 0 Å². The number of rotatable bonds is 6. The van der Waals surface area contributed by atoms with Gasteiger partial charge in [0.2, 0.25) is 0 Å². The summed E-state index contributed by atoms with van der Waals surface area (Å²) < 4.78 is 7.29. The Hall–Kier alpha value is -3.74. The number of para-hydroxylation sites is 1. The minimum Gasteiger partial charge on any atom is -0.497 e. The summed E-state index contributed by atoms with van der Waals surface area (Å²) in [5.74, 6) is 0.691. The Morgan fingerprint density at radius 2 is 1.78 bits per heavy atom. The largest absolute Gasteiger partial charge is 0.497 e. The van der Waals surface area contributed by atoms with Gasteiger partial charge in [0.15, 0.2) is 5.17 Å². The monoisotopic (exact) mass is 513 g/mol. The number of benzene rings is 3. The molecular formula is C29H24ClN3O2S. The number of aliphatic imine (C=N–C) groups is 1. The summed E-state index contributed by atoms with van der Waals surface area (Å²) in [6, 6.07) is 27.3. The maximum atomic E-state index is 13.6. The highest BCUT2D eigenvalue weighted by Crippen LogP contribution is 2.36. The van der Waals surface area contributed by atoms with Crippen LogP contribution in [0.4, 0.5) is 5.69 Å². The summed E-state index contributed by atoms with van der Waals surface area (Å²) in [5.41, 5.74) is 4.63. The molecule has 0 aliphatic carbocycles. The summed E-state index contributed by atoms with van der Waals surface area (Å²) in [4.78, 5) is 20.7. The fourth-order valence-electron chi connectivity index (χ4n) is 3.87. The van der Waals surface area contributed by atoms with Crippen LogP contribution in [-0.2, 0) is 11.3 Å². The summed E-state index contributed by atoms with van der Waals surface area (Å²) in [6.45, 7) is 2.39. The fourth-order valence-corrected chi connectivity index (χ4v) is 5.03. The number of hydrogen-bond donors (Lipinski definition) is 0. The molecule has 3 aromatic carbocycles. The highest BCUT2D eigenvalue weighted by molar-refractivity contribution is 8.18. The van der Waals surface area contributed by atoms with E-state index in [1.165, 1.54) is 11.8 Å². The molecule has 1 amide bonds. The van der Waals surface area contributed by atoms with Gasteiger partial charge in [-0.2, -0.15) is 0 Å². The van der Waals surface area contributed by atoms with E-state index in [9.17, 15) is 4.79 Å². The molecule has 4 aromatic rings. The Bertz CT molecular complexity index is 1460. The zero-order chi connectivity index (χ0) is 25.1. The van der Waals surface area contributed by atoms with Crippen LogP contribution in [-0.4, -0.2) is 27.7 Å². The summed E-state index contributed by atoms with van der Waals surface area (Å²) >= 11 is 7.75. The van der Waals surface area contributed by atoms with E-state index < -0.39 is 0 Å². The van der Waals surface area contributed by atoms with Crippen molar-refractivity contribution in [2.45, 2.75) is 13.5 Å². The van der Waals surface area contributed by atoms with Crippen molar-refractivity contribution in [2.75, 3.05) is 7.11 Å². The zero-order valence-corrected chi connectivity index (χ0v) is 21.5. The van der Waals surface area contributed by atoms with Crippen molar-refractivity contribution >= 4 is 46.2 Å². The third-order valence-corrected chi connectivity index (χ3v) is 7.28. The van der Waals surface area contributed by atoms with Crippen molar-refractivity contribution in [2.24, 2.45) is 4.99 Å². The predicted molar refractivity (Wildman–Crippen MR) is 148 cm³/mol. The number of methoxy groups -OCH3 is 1. The molecule has 1 aromatic heterocycles. The van der Waals surface area contributed by atoms with Gasteiger partial charge in [0.1, 0.15) is 5.75 Å². The highest BCUT2D eigenvalue weighted by atomic mass is 35.5. The third kappa shape index (κ3) is 5.10. The zero-order valence-electron chi connectivity index (χ0n) is 19.9. The summed E-state index contributed by atoms with van der Waals surface area (Å²) in [6.07, 6.45) is 3.88. The van der Waals surface area contributed by atoms with Crippen LogP contribution in [0, 0.1) is 6.92 Å². The molecule has 180 valence electrons. The second-order valence-electron chi connectivity index (χ2n) is 8.32. The van der Waals surface area contributed by atoms with E-state index in [4.69, 9.17) is 21.3 Å². The van der Waals surface area contributed by atoms with E-state index in [1.54, 1.807) is 12.0 Å². The minimum atomic E-state index is -0.0832. The molecule has 2 heterocycles. The number of aryl methyl sites for hydroxylation is 1. The molecular weight excluding hydrogens is 490 g/mol. The van der Waals surface area contributed by atoms with Crippen LogP contribution < -0.4 is 4.74 Å². The van der Waals surface area contributed by atoms with Crippen LogP contribution in [0.1, 0.15) is 16.8 Å². The quantitative estimate of drug-likeness (QED) is 0.255. The molecule has 1 aliphatic rings. The number of halogens is 1. The van der Waals surface area contributed by atoms with Crippen molar-refractivity contribution < 1.29 is 9.53 Å². The van der Waals surface area contributed by atoms with E-state index >= 15 is 0 Å². The van der Waals surface area contributed by atoms with Crippen LogP contribution in [0.15, 0.2) is 101 Å². The highest BCUT2D eigenvalue weighted by Gasteiger charge is 2.33. The topological polar surface area (TPSA) is 46.8 Å². The average Bonchev–Trinajstić information content (AvgIpc) is 3.47. The SMILES string of the molecule is COc1ccc(CN2C(=O)/C(=C\c3cccn3-c3ccc(C)c(Cl)c3)SC2=Nc2ccccc2)cc1. The lowest BCUT2D eigenvalue weighted by Crippen LogP contribution is -2.28. The third-order valence-electron chi connectivity index (χ3n) is 5.86. The molecule has 0 atom stereocenters. The number of carbonyl (C=O) groups excluding carboxylic acids is 1. The molecule has 0 spiro atoms. The number of carbonyl (C=O) groups is 1. The Morgan fingerprint density at radius 1 is 1.00 bits per heavy atom. The van der Waals surface area contributed by atoms with Crippen molar-refractivity contribution in [1.82, 2.24) is 9.47 Å². The molecule has 5 nitrogen and oxygen atoms in total. The number of amidine groups is 1. The molecule has 5 rings (SSSR count). The smallest absolute Gasteiger partial charge is 0.267 e. The van der Waals surface area contributed by atoms with Crippen LogP contribution in [0.25, 0.3) is 11.8 Å². The predicted octanol–water partition coefficient (Wildman–Crippen LogP) is 7.25. The first-order valence-corrected chi connectivity index (χ1v) is 12.6. The molecule has 0 N–H and O–H groups in total. The maximum Gasteiger partial charge on any atom is 0.267 e. The van der Waals surface area contributed by atoms with Gasteiger partial charge in [-0.1, -0.05) is 48.0 Å². The van der Waals surface area contributed by atoms with Crippen LogP contribution in [0.3, 0.4) is 0 Å². The molecule has 7 heteroatoms. The lowest BCUT2D eigenvalue weighted by Gasteiger charge is -2.16. The first-order chi connectivity index (χ1) is 17.5. The Kier molecular flexibility index (Phi) is 6.98. The second kappa shape index (κ2) is 10.5. The molecule has 0 bridgehead atoms. The lowest BCUT2D eigenvalue weighted by molar-refractivity contribution is -0.122. The Balaban J connectivity index is 1.50. The van der Waals surface area contributed by atoms with Gasteiger partial charge in [-0.15, -0.1) is 0 Å². The molecule has 0 saturated carbocycles. The number of aromatic nitrogens is 1. The van der Waals surface area contributed by atoms with Gasteiger partial charge in [0.25, 0.3) is 5.91 Å². The van der Waals surface area contributed by atoms with Gasteiger partial charge in [-0.05, 0) is 84.4 Å². The standard InChI is InChI=1S/C29H24ClN3O2S/c1-20-10-13-24(17-26(20)30)32-16-6-9-23(32)18-27-28(34)33(19-21-11-14-25(35-2)15-12-21)29(36-27)31-22-7-4-3-5-8-22/h3-18H,19H2,1-2H3/b27-18+,31-29?. The summed E-state index contributed by atoms with van der Waals surface area (Å²) in [5, 5.41) is 1.35. The van der Waals surface area contributed by atoms with Gasteiger partial charge in [-0.3, -0.25) is 9.69 Å². The number of nitrogens with zero attached hydrogens (tertiary/aromatic N) is 3. The first-order valence-electron chi connectivity index (χ1n) is 11.4. The Morgan fingerprint density at radius 3 is 2.50 bits per heavy atom. The van der Waals surface area contributed by atoms with Gasteiger partial charge in [0, 0.05) is 22.6 Å². The fraction of sp³-hybridized carbons (Fsp3) is 0.103. The van der Waals surface area contributed by atoms with Gasteiger partial charge in [0.05, 0.1) is 24.2 Å². The number of ether oxygens (including phenoxy) is 1. The molecule has 1 saturated heterocycles. The van der Waals surface area contributed by atoms with Gasteiger partial charge < -0.3 is 9.30 Å². The van der Waals surface area contributed by atoms with Crippen LogP contribution >= 0.6 is 23.4 Å². The van der Waals surface area contributed by atoms with E-state index in [-0.39, 0.29) is 5.91 Å². The second-order valence-corrected chi connectivity index (χ2v) is 9.73. The van der Waals surface area contributed by atoms with Crippen LogP contribution in [0.2, 0.25) is 5.02 Å². The average molecular weight is 514 g/mol. The van der Waals surface area contributed by atoms with Crippen molar-refractivity contribution in [3.05, 3.63) is 118 Å². The number of hydrogen-bond acceptors (Lipinski definition) is 4. The van der Waals surface area contributed by atoms with Crippen LogP contribution in [0.5, 0.6) is 5.75 Å². The Labute approximate surface area is 219 Å². The first kappa shape index (κ1) is 24.0. The maximum absolute atomic E-state index is 13.6. The van der Waals surface area contributed by atoms with Gasteiger partial charge in [-0.25, -0.2) is 4.99 Å². The minimum absolute atomic E-state index is 0.0832. The molecule has 1 fully saturated rings. The molecule has 1 aliphatic heterocycles. The molecule has 0 unspecified atom stereocenters. The number of thioether (sulfide) groups is 1. The lowest BCUT2D eigenvalue weighted by atomic mass is 10.2. The van der Waals surface area contributed by atoms with Crippen molar-refractivity contribution in [3.63, 3.8) is 0 Å². The van der Waals surface area contributed by atoms with E-state index in [1.807, 2.05) is 109 Å². The van der Waals surface area contributed by atoms with Crippen molar-refractivity contribution in [1.29, 1.82) is 0 Å².